The molecule has 0 fully saturated rings. The van der Waals surface area contributed by atoms with E-state index in [1.54, 1.807) is 18.2 Å². The predicted molar refractivity (Wildman–Crippen MR) is 91.3 cm³/mol. The molecule has 8 nitrogen and oxygen atoms in total. The van der Waals surface area contributed by atoms with Crippen molar-refractivity contribution in [2.24, 2.45) is 0 Å². The van der Waals surface area contributed by atoms with Crippen molar-refractivity contribution in [1.82, 2.24) is 0 Å². The zero-order valence-electron chi connectivity index (χ0n) is 14.1. The van der Waals surface area contributed by atoms with Crippen LogP contribution in [0.2, 0.25) is 0 Å². The highest BCUT2D eigenvalue weighted by Gasteiger charge is 2.39. The minimum Gasteiger partial charge on any atom is -0.478 e. The second kappa shape index (κ2) is 8.11. The van der Waals surface area contributed by atoms with Gasteiger partial charge in [-0.2, -0.15) is 0 Å². The smallest absolute Gasteiger partial charge is 0.349 e. The average molecular weight is 359 g/mol. The fraction of sp³-hybridized carbons (Fsp3) is 0.222. The summed E-state index contributed by atoms with van der Waals surface area (Å²) in [6.45, 7) is 2.00. The fourth-order valence-corrected chi connectivity index (χ4v) is 2.33. The summed E-state index contributed by atoms with van der Waals surface area (Å²) in [5.41, 5.74) is 0.373. The molecule has 8 heteroatoms. The van der Waals surface area contributed by atoms with Gasteiger partial charge in [0.05, 0.1) is 0 Å². The van der Waals surface area contributed by atoms with E-state index in [2.05, 4.69) is 10.1 Å². The number of rotatable bonds is 6. The van der Waals surface area contributed by atoms with Gasteiger partial charge in [-0.3, -0.25) is 14.4 Å². The van der Waals surface area contributed by atoms with Gasteiger partial charge in [0.15, 0.2) is 0 Å². The summed E-state index contributed by atoms with van der Waals surface area (Å²) < 4.78 is 9.41. The van der Waals surface area contributed by atoms with Crippen LogP contribution in [0.5, 0.6) is 0 Å². The average Bonchev–Trinajstić information content (AvgIpc) is 2.57. The molecule has 2 aromatic carbocycles. The monoisotopic (exact) mass is 359 g/mol. The van der Waals surface area contributed by atoms with Gasteiger partial charge in [-0.05, 0) is 22.9 Å². The highest BCUT2D eigenvalue weighted by Crippen LogP contribution is 2.20. The molecule has 136 valence electrons. The van der Waals surface area contributed by atoms with Gasteiger partial charge in [-0.15, -0.1) is 0 Å². The molecule has 2 atom stereocenters. The Labute approximate surface area is 148 Å². The van der Waals surface area contributed by atoms with E-state index in [9.17, 15) is 24.3 Å². The first kappa shape index (κ1) is 18.9. The van der Waals surface area contributed by atoms with Gasteiger partial charge in [-0.25, -0.2) is 4.79 Å². The lowest BCUT2D eigenvalue weighted by atomic mass is 10.1. The Hall–Kier alpha value is -3.42. The van der Waals surface area contributed by atoms with Crippen LogP contribution in [-0.2, 0) is 28.7 Å². The summed E-state index contributed by atoms with van der Waals surface area (Å²) in [7, 11) is 0. The molecule has 0 unspecified atom stereocenters. The van der Waals surface area contributed by atoms with Gasteiger partial charge in [0.2, 0.25) is 12.2 Å². The number of fused-ring (bicyclic) bond motifs is 1. The zero-order valence-corrected chi connectivity index (χ0v) is 14.1. The van der Waals surface area contributed by atoms with Crippen LogP contribution in [0.3, 0.4) is 0 Å². The lowest BCUT2D eigenvalue weighted by Gasteiger charge is -2.22. The van der Waals surface area contributed by atoms with Crippen molar-refractivity contribution >= 4 is 40.3 Å². The third kappa shape index (κ3) is 4.79. The maximum absolute atomic E-state index is 12.5. The van der Waals surface area contributed by atoms with E-state index < -0.39 is 36.0 Å². The van der Waals surface area contributed by atoms with Crippen molar-refractivity contribution in [2.75, 3.05) is 5.32 Å². The summed E-state index contributed by atoms with van der Waals surface area (Å²) >= 11 is 0. The zero-order chi connectivity index (χ0) is 19.3. The molecular weight excluding hydrogens is 342 g/mol. The third-order valence-electron chi connectivity index (χ3n) is 3.38. The molecule has 0 bridgehead atoms. The molecule has 1 amide bonds. The largest absolute Gasteiger partial charge is 0.478 e. The maximum Gasteiger partial charge on any atom is 0.349 e. The third-order valence-corrected chi connectivity index (χ3v) is 3.38. The highest BCUT2D eigenvalue weighted by atomic mass is 16.6. The molecule has 2 rings (SSSR count). The van der Waals surface area contributed by atoms with Crippen molar-refractivity contribution in [3.8, 4) is 0 Å². The Balaban J connectivity index is 2.27. The first-order valence-corrected chi connectivity index (χ1v) is 7.65. The fourth-order valence-electron chi connectivity index (χ4n) is 2.33. The Morgan fingerprint density at radius 3 is 2.04 bits per heavy atom. The number of hydrogen-bond acceptors (Lipinski definition) is 6. The van der Waals surface area contributed by atoms with Crippen LogP contribution in [0.15, 0.2) is 42.5 Å². The van der Waals surface area contributed by atoms with E-state index in [0.717, 1.165) is 24.6 Å². The topological polar surface area (TPSA) is 119 Å². The number of aliphatic carboxylic acids is 1. The number of benzene rings is 2. The summed E-state index contributed by atoms with van der Waals surface area (Å²) in [6, 6.07) is 12.5. The number of esters is 2. The SMILES string of the molecule is CC(=O)O[C@@H](C(=O)O)[C@@H](OC(C)=O)C(=O)Nc1ccc2ccccc2c1. The van der Waals surface area contributed by atoms with Gasteiger partial charge < -0.3 is 19.9 Å². The van der Waals surface area contributed by atoms with Crippen molar-refractivity contribution < 1.29 is 33.8 Å². The van der Waals surface area contributed by atoms with E-state index >= 15 is 0 Å². The van der Waals surface area contributed by atoms with Gasteiger partial charge in [0, 0.05) is 19.5 Å². The summed E-state index contributed by atoms with van der Waals surface area (Å²) in [4.78, 5) is 46.2. The van der Waals surface area contributed by atoms with Gasteiger partial charge in [-0.1, -0.05) is 30.3 Å². The Kier molecular flexibility index (Phi) is 5.90. The Morgan fingerprint density at radius 2 is 1.46 bits per heavy atom. The summed E-state index contributed by atoms with van der Waals surface area (Å²) in [5.74, 6) is -4.35. The number of anilines is 1. The van der Waals surface area contributed by atoms with Crippen LogP contribution in [0.1, 0.15) is 13.8 Å². The van der Waals surface area contributed by atoms with Crippen molar-refractivity contribution in [3.05, 3.63) is 42.5 Å². The van der Waals surface area contributed by atoms with Gasteiger partial charge in [0.1, 0.15) is 0 Å². The van der Waals surface area contributed by atoms with Crippen LogP contribution < -0.4 is 5.32 Å². The Bertz CT molecular complexity index is 861. The quantitative estimate of drug-likeness (QED) is 0.754. The molecule has 0 aliphatic carbocycles. The van der Waals surface area contributed by atoms with Gasteiger partial charge in [0.25, 0.3) is 5.91 Å². The minimum absolute atomic E-state index is 0.373. The lowest BCUT2D eigenvalue weighted by molar-refractivity contribution is -0.179. The molecule has 2 N–H and O–H groups in total. The first-order valence-electron chi connectivity index (χ1n) is 7.65. The van der Waals surface area contributed by atoms with Crippen LogP contribution in [0, 0.1) is 0 Å². The van der Waals surface area contributed by atoms with E-state index in [1.807, 2.05) is 24.3 Å². The van der Waals surface area contributed by atoms with Crippen molar-refractivity contribution in [3.63, 3.8) is 0 Å². The molecule has 0 saturated heterocycles. The highest BCUT2D eigenvalue weighted by molar-refractivity contribution is 6.00. The predicted octanol–water partition coefficient (Wildman–Crippen LogP) is 1.73. The molecule has 0 radical (unpaired) electrons. The van der Waals surface area contributed by atoms with E-state index in [1.165, 1.54) is 0 Å². The molecule has 0 aromatic heterocycles. The van der Waals surface area contributed by atoms with Crippen LogP contribution >= 0.6 is 0 Å². The van der Waals surface area contributed by atoms with Crippen molar-refractivity contribution in [2.45, 2.75) is 26.1 Å². The molecular formula is C18H17NO7. The van der Waals surface area contributed by atoms with E-state index in [4.69, 9.17) is 4.74 Å². The molecule has 26 heavy (non-hydrogen) atoms. The Morgan fingerprint density at radius 1 is 0.885 bits per heavy atom. The number of carbonyl (C=O) groups is 4. The minimum atomic E-state index is -1.96. The van der Waals surface area contributed by atoms with E-state index in [0.29, 0.717) is 5.69 Å². The molecule has 0 saturated carbocycles. The summed E-state index contributed by atoms with van der Waals surface area (Å²) in [6.07, 6.45) is -3.79. The second-order valence-electron chi connectivity index (χ2n) is 5.45. The lowest BCUT2D eigenvalue weighted by Crippen LogP contribution is -2.47. The molecule has 0 aliphatic rings. The van der Waals surface area contributed by atoms with Crippen LogP contribution in [0.4, 0.5) is 5.69 Å². The molecule has 0 spiro atoms. The molecule has 2 aromatic rings. The molecule has 0 heterocycles. The standard InChI is InChI=1S/C18H17NO7/c1-10(20)25-15(16(18(23)24)26-11(2)21)17(22)19-14-8-7-12-5-3-4-6-13(12)9-14/h3-9,15-16H,1-2H3,(H,19,22)(H,23,24)/t15-,16-/m1/s1. The molecule has 0 aliphatic heterocycles. The second-order valence-corrected chi connectivity index (χ2v) is 5.45. The first-order chi connectivity index (χ1) is 12.3. The van der Waals surface area contributed by atoms with Crippen molar-refractivity contribution in [1.29, 1.82) is 0 Å². The number of carboxylic acid groups (broad SMARTS) is 1. The maximum atomic E-state index is 12.5. The number of ether oxygens (including phenoxy) is 2. The van der Waals surface area contributed by atoms with Gasteiger partial charge >= 0.3 is 17.9 Å². The number of hydrogen-bond donors (Lipinski definition) is 2. The van der Waals surface area contributed by atoms with Crippen LogP contribution in [-0.4, -0.2) is 41.1 Å². The summed E-state index contributed by atoms with van der Waals surface area (Å²) in [5, 5.41) is 13.5. The van der Waals surface area contributed by atoms with Crippen LogP contribution in [0.25, 0.3) is 10.8 Å². The number of nitrogens with one attached hydrogen (secondary N) is 1. The number of carboxylic acids is 1. The number of carbonyl (C=O) groups excluding carboxylic acids is 3. The normalized spacial score (nSPS) is 12.7. The van der Waals surface area contributed by atoms with E-state index in [-0.39, 0.29) is 0 Å². The number of amides is 1.